The van der Waals surface area contributed by atoms with Crippen molar-refractivity contribution < 1.29 is 32.1 Å². The minimum atomic E-state index is -3.59. The van der Waals surface area contributed by atoms with Gasteiger partial charge in [-0.15, -0.1) is 0 Å². The van der Waals surface area contributed by atoms with Crippen LogP contribution in [0.3, 0.4) is 0 Å². The van der Waals surface area contributed by atoms with E-state index in [-0.39, 0.29) is 37.8 Å². The van der Waals surface area contributed by atoms with E-state index in [0.29, 0.717) is 22.8 Å². The lowest BCUT2D eigenvalue weighted by atomic mass is 10.1. The number of hydrogen-bond acceptors (Lipinski definition) is 10. The average Bonchev–Trinajstić information content (AvgIpc) is 3.60. The van der Waals surface area contributed by atoms with Crippen molar-refractivity contribution in [2.45, 2.75) is 30.0 Å². The Balaban J connectivity index is 1.14. The van der Waals surface area contributed by atoms with Crippen molar-refractivity contribution in [3.05, 3.63) is 54.1 Å². The summed E-state index contributed by atoms with van der Waals surface area (Å²) in [5.74, 6) is 1.57. The quantitative estimate of drug-likeness (QED) is 0.514. The molecule has 1 aromatic heterocycles. The molecule has 13 heteroatoms. The summed E-state index contributed by atoms with van der Waals surface area (Å²) in [5.41, 5.74) is 0.703. The van der Waals surface area contributed by atoms with Gasteiger partial charge in [0.1, 0.15) is 24.0 Å². The summed E-state index contributed by atoms with van der Waals surface area (Å²) in [5, 5.41) is 11.8. The molecule has 4 heterocycles. The monoisotopic (exact) mass is 487 g/mol. The highest BCUT2D eigenvalue weighted by Gasteiger charge is 2.50. The standard InChI is InChI=1S/C21H21N5O7S/c27-34(28,11-13-4-2-1-3-5-13)23-15-9-29-20-16(10-30-19(15)20)26-21(22-24-25-26)33-14-6-7-17-18(8-14)32-12-31-17/h1-8,15-16,19-20,23H,9-12H2/t15-,16-,19+,20+/m0/s1. The van der Waals surface area contributed by atoms with Crippen LogP contribution < -0.4 is 18.9 Å². The number of nitrogens with one attached hydrogen (secondary N) is 1. The summed E-state index contributed by atoms with van der Waals surface area (Å²) in [6, 6.07) is 13.4. The summed E-state index contributed by atoms with van der Waals surface area (Å²) in [4.78, 5) is 0. The lowest BCUT2D eigenvalue weighted by Crippen LogP contribution is -2.44. The number of sulfonamides is 1. The summed E-state index contributed by atoms with van der Waals surface area (Å²) in [6.45, 7) is 0.585. The second-order valence-electron chi connectivity index (χ2n) is 8.16. The molecule has 3 aliphatic heterocycles. The van der Waals surface area contributed by atoms with Gasteiger partial charge in [0.2, 0.25) is 16.8 Å². The number of tetrazole rings is 1. The molecule has 3 aliphatic rings. The minimum absolute atomic E-state index is 0.119. The largest absolute Gasteiger partial charge is 0.454 e. The summed E-state index contributed by atoms with van der Waals surface area (Å²) < 4.78 is 58.0. The van der Waals surface area contributed by atoms with E-state index in [1.807, 2.05) is 6.07 Å². The summed E-state index contributed by atoms with van der Waals surface area (Å²) in [6.07, 6.45) is -0.912. The molecule has 0 saturated carbocycles. The maximum atomic E-state index is 12.7. The van der Waals surface area contributed by atoms with Gasteiger partial charge in [-0.05, 0) is 28.1 Å². The van der Waals surface area contributed by atoms with Crippen LogP contribution in [-0.2, 0) is 25.2 Å². The Morgan fingerprint density at radius 2 is 1.85 bits per heavy atom. The second-order valence-corrected chi connectivity index (χ2v) is 9.91. The van der Waals surface area contributed by atoms with Crippen molar-refractivity contribution in [3.63, 3.8) is 0 Å². The van der Waals surface area contributed by atoms with Gasteiger partial charge in [0.15, 0.2) is 11.5 Å². The highest BCUT2D eigenvalue weighted by molar-refractivity contribution is 7.88. The highest BCUT2D eigenvalue weighted by Crippen LogP contribution is 2.38. The first-order chi connectivity index (χ1) is 16.6. The number of ether oxygens (including phenoxy) is 5. The fourth-order valence-corrected chi connectivity index (χ4v) is 5.74. The normalized spacial score (nSPS) is 25.4. The Labute approximate surface area is 194 Å². The first-order valence-corrected chi connectivity index (χ1v) is 12.3. The smallest absolute Gasteiger partial charge is 0.341 e. The molecule has 178 valence electrons. The van der Waals surface area contributed by atoms with Crippen molar-refractivity contribution >= 4 is 10.0 Å². The molecule has 2 aromatic carbocycles. The fraction of sp³-hybridized carbons (Fsp3) is 0.381. The summed E-state index contributed by atoms with van der Waals surface area (Å²) >= 11 is 0. The Morgan fingerprint density at radius 1 is 1.03 bits per heavy atom. The van der Waals surface area contributed by atoms with Crippen LogP contribution in [0.25, 0.3) is 0 Å². The molecule has 0 spiro atoms. The number of aromatic nitrogens is 4. The van der Waals surface area contributed by atoms with Gasteiger partial charge in [-0.2, -0.15) is 4.68 Å². The van der Waals surface area contributed by atoms with Gasteiger partial charge in [-0.3, -0.25) is 0 Å². The molecule has 34 heavy (non-hydrogen) atoms. The van der Waals surface area contributed by atoms with Gasteiger partial charge in [-0.1, -0.05) is 35.4 Å². The van der Waals surface area contributed by atoms with Crippen LogP contribution in [-0.4, -0.2) is 66.9 Å². The number of fused-ring (bicyclic) bond motifs is 2. The molecular weight excluding hydrogens is 466 g/mol. The number of nitrogens with zero attached hydrogens (tertiary/aromatic N) is 4. The van der Waals surface area contributed by atoms with Gasteiger partial charge < -0.3 is 23.7 Å². The van der Waals surface area contributed by atoms with Gasteiger partial charge in [0.05, 0.1) is 25.0 Å². The predicted octanol–water partition coefficient (Wildman–Crippen LogP) is 1.02. The zero-order chi connectivity index (χ0) is 23.1. The zero-order valence-corrected chi connectivity index (χ0v) is 18.6. The van der Waals surface area contributed by atoms with Crippen LogP contribution in [0, 0.1) is 0 Å². The number of hydrogen-bond donors (Lipinski definition) is 1. The maximum Gasteiger partial charge on any atom is 0.341 e. The van der Waals surface area contributed by atoms with E-state index in [9.17, 15) is 8.42 Å². The van der Waals surface area contributed by atoms with E-state index in [1.54, 1.807) is 42.5 Å². The third kappa shape index (κ3) is 4.07. The van der Waals surface area contributed by atoms with E-state index in [1.165, 1.54) is 4.68 Å². The first-order valence-electron chi connectivity index (χ1n) is 10.7. The molecule has 0 unspecified atom stereocenters. The molecule has 2 saturated heterocycles. The summed E-state index contributed by atoms with van der Waals surface area (Å²) in [7, 11) is -3.59. The Morgan fingerprint density at radius 3 is 2.74 bits per heavy atom. The van der Waals surface area contributed by atoms with Crippen molar-refractivity contribution in [1.29, 1.82) is 0 Å². The SMILES string of the molecule is O=S(=O)(Cc1ccccc1)N[C@H]1CO[C@H]2[C@@H]1OC[C@@H]2n1nnnc1Oc1ccc2c(c1)OCO2. The zero-order valence-electron chi connectivity index (χ0n) is 17.8. The lowest BCUT2D eigenvalue weighted by molar-refractivity contribution is 0.0615. The van der Waals surface area contributed by atoms with Crippen LogP contribution in [0.15, 0.2) is 48.5 Å². The molecule has 3 aromatic rings. The third-order valence-corrected chi connectivity index (χ3v) is 7.26. The van der Waals surface area contributed by atoms with Crippen molar-refractivity contribution in [1.82, 2.24) is 24.9 Å². The van der Waals surface area contributed by atoms with E-state index in [4.69, 9.17) is 23.7 Å². The van der Waals surface area contributed by atoms with E-state index in [2.05, 4.69) is 20.2 Å². The Bertz CT molecular complexity index is 1290. The van der Waals surface area contributed by atoms with Crippen LogP contribution in [0.5, 0.6) is 23.3 Å². The molecule has 12 nitrogen and oxygen atoms in total. The second kappa shape index (κ2) is 8.51. The Kier molecular flexibility index (Phi) is 5.32. The fourth-order valence-electron chi connectivity index (χ4n) is 4.36. The van der Waals surface area contributed by atoms with Gasteiger partial charge in [-0.25, -0.2) is 13.1 Å². The first kappa shape index (κ1) is 21.3. The van der Waals surface area contributed by atoms with E-state index in [0.717, 1.165) is 0 Å². The molecule has 0 bridgehead atoms. The molecule has 0 amide bonds. The van der Waals surface area contributed by atoms with Crippen LogP contribution in [0.4, 0.5) is 0 Å². The highest BCUT2D eigenvalue weighted by atomic mass is 32.2. The predicted molar refractivity (Wildman–Crippen MR) is 115 cm³/mol. The van der Waals surface area contributed by atoms with Gasteiger partial charge >= 0.3 is 6.01 Å². The minimum Gasteiger partial charge on any atom is -0.454 e. The van der Waals surface area contributed by atoms with Crippen molar-refractivity contribution in [3.8, 4) is 23.3 Å². The van der Waals surface area contributed by atoms with Crippen molar-refractivity contribution in [2.24, 2.45) is 0 Å². The van der Waals surface area contributed by atoms with Crippen LogP contribution >= 0.6 is 0 Å². The van der Waals surface area contributed by atoms with Crippen molar-refractivity contribution in [2.75, 3.05) is 20.0 Å². The maximum absolute atomic E-state index is 12.7. The third-order valence-electron chi connectivity index (χ3n) is 5.89. The topological polar surface area (TPSA) is 136 Å². The number of rotatable bonds is 7. The number of benzene rings is 2. The molecule has 1 N–H and O–H groups in total. The molecule has 0 aliphatic carbocycles. The molecular formula is C21H21N5O7S. The molecule has 4 atom stereocenters. The molecule has 6 rings (SSSR count). The van der Waals surface area contributed by atoms with Gasteiger partial charge in [0.25, 0.3) is 0 Å². The van der Waals surface area contributed by atoms with E-state index >= 15 is 0 Å². The average molecular weight is 487 g/mol. The molecule has 0 radical (unpaired) electrons. The van der Waals surface area contributed by atoms with Crippen LogP contribution in [0.1, 0.15) is 11.6 Å². The van der Waals surface area contributed by atoms with Crippen LogP contribution in [0.2, 0.25) is 0 Å². The van der Waals surface area contributed by atoms with E-state index < -0.39 is 28.3 Å². The van der Waals surface area contributed by atoms with Gasteiger partial charge in [0, 0.05) is 6.07 Å². The Hall–Kier alpha value is -3.26. The molecule has 2 fully saturated rings. The lowest BCUT2D eigenvalue weighted by Gasteiger charge is -2.18.